The summed E-state index contributed by atoms with van der Waals surface area (Å²) in [6, 6.07) is 6.81. The van der Waals surface area contributed by atoms with Crippen LogP contribution in [0.15, 0.2) is 36.7 Å². The predicted octanol–water partition coefficient (Wildman–Crippen LogP) is 2.93. The van der Waals surface area contributed by atoms with Crippen LogP contribution in [-0.2, 0) is 13.0 Å². The molecule has 1 heterocycles. The van der Waals surface area contributed by atoms with E-state index in [9.17, 15) is 4.39 Å². The summed E-state index contributed by atoms with van der Waals surface area (Å²) in [5.41, 5.74) is 0.723. The molecule has 0 aliphatic heterocycles. The summed E-state index contributed by atoms with van der Waals surface area (Å²) in [6.07, 6.45) is 4.30. The second-order valence-electron chi connectivity index (χ2n) is 3.30. The van der Waals surface area contributed by atoms with Gasteiger partial charge in [-0.3, -0.25) is 0 Å². The zero-order valence-corrected chi connectivity index (χ0v) is 8.93. The lowest BCUT2D eigenvalue weighted by molar-refractivity contribution is 0.592. The number of hydrogen-bond acceptors (Lipinski definition) is 1. The maximum absolute atomic E-state index is 13.3. The summed E-state index contributed by atoms with van der Waals surface area (Å²) in [5, 5.41) is 0. The second-order valence-corrected chi connectivity index (χ2v) is 3.69. The van der Waals surface area contributed by atoms with Gasteiger partial charge in [-0.15, -0.1) is 0 Å². The van der Waals surface area contributed by atoms with Gasteiger partial charge in [0.05, 0.1) is 0 Å². The minimum Gasteiger partial charge on any atom is -0.337 e. The minimum absolute atomic E-state index is 0.153. The predicted molar refractivity (Wildman–Crippen MR) is 59.7 cm³/mol. The number of benzene rings is 1. The molecule has 0 aliphatic rings. The van der Waals surface area contributed by atoms with Crippen LogP contribution in [0.5, 0.6) is 0 Å². The van der Waals surface area contributed by atoms with E-state index < -0.39 is 0 Å². The molecule has 0 saturated carbocycles. The van der Waals surface area contributed by atoms with Crippen molar-refractivity contribution in [2.45, 2.75) is 13.0 Å². The maximum atomic E-state index is 13.3. The number of hydrogen-bond donors (Lipinski definition) is 1. The number of nitrogens with one attached hydrogen (secondary N) is 1. The molecule has 0 bridgehead atoms. The largest absolute Gasteiger partial charge is 0.337 e. The van der Waals surface area contributed by atoms with E-state index >= 15 is 0 Å². The molecule has 0 aliphatic carbocycles. The van der Waals surface area contributed by atoms with Crippen LogP contribution in [0.2, 0.25) is 0 Å². The van der Waals surface area contributed by atoms with Crippen molar-refractivity contribution in [2.24, 2.45) is 0 Å². The third kappa shape index (κ3) is 2.33. The summed E-state index contributed by atoms with van der Waals surface area (Å²) < 4.78 is 15.8. The first kappa shape index (κ1) is 10.1. The van der Waals surface area contributed by atoms with Gasteiger partial charge < -0.3 is 9.55 Å². The van der Waals surface area contributed by atoms with Gasteiger partial charge in [-0.25, -0.2) is 4.39 Å². The molecule has 2 nitrogen and oxygen atoms in total. The van der Waals surface area contributed by atoms with Crippen molar-refractivity contribution >= 4 is 12.2 Å². The van der Waals surface area contributed by atoms with Gasteiger partial charge in [0.15, 0.2) is 4.77 Å². The van der Waals surface area contributed by atoms with Crippen LogP contribution in [0.1, 0.15) is 5.56 Å². The molecule has 0 spiro atoms. The Balaban J connectivity index is 2.09. The molecule has 2 aromatic rings. The first-order valence-electron chi connectivity index (χ1n) is 4.74. The van der Waals surface area contributed by atoms with Crippen molar-refractivity contribution in [2.75, 3.05) is 0 Å². The van der Waals surface area contributed by atoms with Gasteiger partial charge in [0.1, 0.15) is 5.82 Å². The highest BCUT2D eigenvalue weighted by atomic mass is 32.1. The molecule has 0 fully saturated rings. The molecule has 0 unspecified atom stereocenters. The lowest BCUT2D eigenvalue weighted by atomic mass is 10.1. The Morgan fingerprint density at radius 3 is 2.80 bits per heavy atom. The van der Waals surface area contributed by atoms with Crippen LogP contribution in [0.25, 0.3) is 0 Å². The first-order chi connectivity index (χ1) is 7.27. The third-order valence-corrected chi connectivity index (χ3v) is 2.65. The van der Waals surface area contributed by atoms with Gasteiger partial charge in [0.2, 0.25) is 0 Å². The molecule has 0 saturated heterocycles. The zero-order chi connectivity index (χ0) is 10.7. The van der Waals surface area contributed by atoms with Crippen molar-refractivity contribution < 1.29 is 4.39 Å². The SMILES string of the molecule is Fc1ccccc1CCn1cc[nH]c1=S. The summed E-state index contributed by atoms with van der Waals surface area (Å²) in [4.78, 5) is 2.90. The average Bonchev–Trinajstić information content (AvgIpc) is 2.63. The van der Waals surface area contributed by atoms with Crippen LogP contribution in [-0.4, -0.2) is 9.55 Å². The number of nitrogens with zero attached hydrogens (tertiary/aromatic N) is 1. The highest BCUT2D eigenvalue weighted by Gasteiger charge is 2.00. The van der Waals surface area contributed by atoms with Gasteiger partial charge in [-0.2, -0.15) is 0 Å². The Bertz CT molecular complexity index is 501. The molecule has 0 radical (unpaired) electrons. The quantitative estimate of drug-likeness (QED) is 0.792. The lowest BCUT2D eigenvalue weighted by Crippen LogP contribution is -2.01. The highest BCUT2D eigenvalue weighted by molar-refractivity contribution is 7.71. The Labute approximate surface area is 92.4 Å². The lowest BCUT2D eigenvalue weighted by Gasteiger charge is -2.03. The van der Waals surface area contributed by atoms with E-state index in [0.29, 0.717) is 17.7 Å². The van der Waals surface area contributed by atoms with E-state index in [2.05, 4.69) is 4.98 Å². The first-order valence-corrected chi connectivity index (χ1v) is 5.15. The highest BCUT2D eigenvalue weighted by Crippen LogP contribution is 2.08. The molecule has 1 aromatic heterocycles. The van der Waals surface area contributed by atoms with E-state index in [1.54, 1.807) is 18.3 Å². The van der Waals surface area contributed by atoms with Gasteiger partial charge in [-0.05, 0) is 30.3 Å². The number of aromatic nitrogens is 2. The van der Waals surface area contributed by atoms with E-state index in [1.807, 2.05) is 16.8 Å². The number of imidazole rings is 1. The fourth-order valence-corrected chi connectivity index (χ4v) is 1.69. The van der Waals surface area contributed by atoms with Crippen molar-refractivity contribution in [3.8, 4) is 0 Å². The van der Waals surface area contributed by atoms with Crippen LogP contribution in [0, 0.1) is 10.6 Å². The maximum Gasteiger partial charge on any atom is 0.177 e. The molecular formula is C11H11FN2S. The number of H-pyrrole nitrogens is 1. The van der Waals surface area contributed by atoms with Crippen molar-refractivity contribution in [1.29, 1.82) is 0 Å². The summed E-state index contributed by atoms with van der Waals surface area (Å²) >= 11 is 5.05. The van der Waals surface area contributed by atoms with Gasteiger partial charge in [0, 0.05) is 18.9 Å². The Morgan fingerprint density at radius 1 is 1.33 bits per heavy atom. The molecule has 15 heavy (non-hydrogen) atoms. The molecule has 0 amide bonds. The fraction of sp³-hybridized carbons (Fsp3) is 0.182. The Hall–Kier alpha value is -1.42. The second kappa shape index (κ2) is 4.40. The van der Waals surface area contributed by atoms with Crippen molar-refractivity contribution in [3.63, 3.8) is 0 Å². The van der Waals surface area contributed by atoms with E-state index in [-0.39, 0.29) is 5.82 Å². The smallest absolute Gasteiger partial charge is 0.177 e. The Morgan fingerprint density at radius 2 is 2.13 bits per heavy atom. The number of aromatic amines is 1. The zero-order valence-electron chi connectivity index (χ0n) is 8.11. The van der Waals surface area contributed by atoms with Crippen LogP contribution < -0.4 is 0 Å². The van der Waals surface area contributed by atoms with E-state index in [1.165, 1.54) is 6.07 Å². The number of rotatable bonds is 3. The molecule has 1 N–H and O–H groups in total. The molecule has 0 atom stereocenters. The van der Waals surface area contributed by atoms with Gasteiger partial charge in [0.25, 0.3) is 0 Å². The molecule has 78 valence electrons. The normalized spacial score (nSPS) is 10.5. The number of halogens is 1. The summed E-state index contributed by atoms with van der Waals surface area (Å²) in [7, 11) is 0. The summed E-state index contributed by atoms with van der Waals surface area (Å²) in [5.74, 6) is -0.153. The van der Waals surface area contributed by atoms with E-state index in [0.717, 1.165) is 5.56 Å². The van der Waals surface area contributed by atoms with Gasteiger partial charge in [-0.1, -0.05) is 18.2 Å². The van der Waals surface area contributed by atoms with Gasteiger partial charge >= 0.3 is 0 Å². The molecule has 1 aromatic carbocycles. The molecule has 4 heteroatoms. The molecule has 2 rings (SSSR count). The standard InChI is InChI=1S/C11H11FN2S/c12-10-4-2-1-3-9(10)5-7-14-8-6-13-11(14)15/h1-4,6,8H,5,7H2,(H,13,15). The topological polar surface area (TPSA) is 20.7 Å². The fourth-order valence-electron chi connectivity index (χ4n) is 1.47. The van der Waals surface area contributed by atoms with E-state index in [4.69, 9.17) is 12.2 Å². The monoisotopic (exact) mass is 222 g/mol. The number of aryl methyl sites for hydroxylation is 2. The Kier molecular flexibility index (Phi) is 2.97. The average molecular weight is 222 g/mol. The van der Waals surface area contributed by atoms with Crippen molar-refractivity contribution in [3.05, 3.63) is 52.8 Å². The third-order valence-electron chi connectivity index (χ3n) is 2.30. The van der Waals surface area contributed by atoms with Crippen molar-refractivity contribution in [1.82, 2.24) is 9.55 Å². The minimum atomic E-state index is -0.153. The van der Waals surface area contributed by atoms with Crippen LogP contribution >= 0.6 is 12.2 Å². The van der Waals surface area contributed by atoms with Crippen LogP contribution in [0.3, 0.4) is 0 Å². The summed E-state index contributed by atoms with van der Waals surface area (Å²) in [6.45, 7) is 0.698. The van der Waals surface area contributed by atoms with Crippen LogP contribution in [0.4, 0.5) is 4.39 Å². The molecular weight excluding hydrogens is 211 g/mol.